The average molecular weight is 230 g/mol. The second kappa shape index (κ2) is 4.58. The lowest BCUT2D eigenvalue weighted by atomic mass is 10.2. The summed E-state index contributed by atoms with van der Waals surface area (Å²) in [6.45, 7) is 7.45. The minimum Gasteiger partial charge on any atom is -0.0853 e. The van der Waals surface area contributed by atoms with Crippen LogP contribution in [0.3, 0.4) is 0 Å². The van der Waals surface area contributed by atoms with Crippen LogP contribution in [0.2, 0.25) is 18.6 Å². The second-order valence-corrected chi connectivity index (χ2v) is 10.4. The molecule has 86 valence electrons. The Balaban J connectivity index is 2.24. The van der Waals surface area contributed by atoms with Crippen molar-refractivity contribution in [1.29, 1.82) is 0 Å². The quantitative estimate of drug-likeness (QED) is 0.542. The standard InChI is InChI=1S/C15H22Si/c1-13(14-9-7-8-10-14)16(2,3)15-11-5-4-6-12-15/h4-6,9,11-13H,7-8,10H2,1-3H3/t13-/m1/s1. The molecule has 0 bridgehead atoms. The van der Waals surface area contributed by atoms with Gasteiger partial charge in [0, 0.05) is 0 Å². The second-order valence-electron chi connectivity index (χ2n) is 5.48. The van der Waals surface area contributed by atoms with Crippen LogP contribution in [0.5, 0.6) is 0 Å². The fourth-order valence-electron chi connectivity index (χ4n) is 2.67. The molecular weight excluding hydrogens is 208 g/mol. The molecule has 1 aromatic carbocycles. The van der Waals surface area contributed by atoms with Gasteiger partial charge in [-0.25, -0.2) is 0 Å². The van der Waals surface area contributed by atoms with Crippen molar-refractivity contribution in [3.63, 3.8) is 0 Å². The minimum absolute atomic E-state index is 0.789. The van der Waals surface area contributed by atoms with E-state index in [1.165, 1.54) is 19.3 Å². The van der Waals surface area contributed by atoms with Gasteiger partial charge in [-0.05, 0) is 24.8 Å². The van der Waals surface area contributed by atoms with Gasteiger partial charge >= 0.3 is 0 Å². The van der Waals surface area contributed by atoms with E-state index in [9.17, 15) is 0 Å². The van der Waals surface area contributed by atoms with Crippen LogP contribution in [0.25, 0.3) is 0 Å². The van der Waals surface area contributed by atoms with Gasteiger partial charge in [-0.1, -0.05) is 67.2 Å². The van der Waals surface area contributed by atoms with E-state index in [1.54, 1.807) is 10.8 Å². The molecule has 0 aliphatic heterocycles. The molecule has 1 atom stereocenters. The van der Waals surface area contributed by atoms with Crippen molar-refractivity contribution in [3.05, 3.63) is 42.0 Å². The number of rotatable bonds is 3. The summed E-state index contributed by atoms with van der Waals surface area (Å²) in [4.78, 5) is 0. The summed E-state index contributed by atoms with van der Waals surface area (Å²) in [6.07, 6.45) is 6.50. The summed E-state index contributed by atoms with van der Waals surface area (Å²) in [6, 6.07) is 11.1. The highest BCUT2D eigenvalue weighted by molar-refractivity contribution is 6.91. The van der Waals surface area contributed by atoms with E-state index in [4.69, 9.17) is 0 Å². The highest BCUT2D eigenvalue weighted by atomic mass is 28.3. The van der Waals surface area contributed by atoms with Gasteiger partial charge in [0.05, 0.1) is 8.07 Å². The Bertz CT molecular complexity index is 376. The molecule has 0 spiro atoms. The summed E-state index contributed by atoms with van der Waals surface area (Å²) in [7, 11) is -1.32. The first-order valence-corrected chi connectivity index (χ1v) is 9.44. The molecule has 2 rings (SSSR count). The molecule has 0 fully saturated rings. The first-order chi connectivity index (χ1) is 7.62. The molecule has 0 saturated heterocycles. The van der Waals surface area contributed by atoms with E-state index in [0.29, 0.717) is 0 Å². The van der Waals surface area contributed by atoms with Crippen LogP contribution in [0.1, 0.15) is 26.2 Å². The molecule has 1 aromatic rings. The number of hydrogen-bond acceptors (Lipinski definition) is 0. The fourth-order valence-corrected chi connectivity index (χ4v) is 5.41. The summed E-state index contributed by atoms with van der Waals surface area (Å²) in [5.74, 6) is 0. The lowest BCUT2D eigenvalue weighted by Gasteiger charge is -2.31. The van der Waals surface area contributed by atoms with Gasteiger partial charge in [-0.15, -0.1) is 0 Å². The number of hydrogen-bond donors (Lipinski definition) is 0. The number of allylic oxidation sites excluding steroid dienone is 2. The fraction of sp³-hybridized carbons (Fsp3) is 0.467. The zero-order chi connectivity index (χ0) is 11.6. The summed E-state index contributed by atoms with van der Waals surface area (Å²) in [5, 5.41) is 1.59. The largest absolute Gasteiger partial charge is 0.0873 e. The van der Waals surface area contributed by atoms with Crippen LogP contribution in [0, 0.1) is 0 Å². The van der Waals surface area contributed by atoms with E-state index in [-0.39, 0.29) is 0 Å². The molecule has 0 radical (unpaired) electrons. The van der Waals surface area contributed by atoms with Crippen molar-refractivity contribution in [2.75, 3.05) is 0 Å². The average Bonchev–Trinajstić information content (AvgIpc) is 2.82. The molecule has 1 aliphatic carbocycles. The predicted octanol–water partition coefficient (Wildman–Crippen LogP) is 4.10. The summed E-state index contributed by atoms with van der Waals surface area (Å²) < 4.78 is 0. The molecule has 0 nitrogen and oxygen atoms in total. The first-order valence-electron chi connectivity index (χ1n) is 6.37. The van der Waals surface area contributed by atoms with Crippen LogP contribution in [-0.2, 0) is 0 Å². The zero-order valence-electron chi connectivity index (χ0n) is 10.7. The van der Waals surface area contributed by atoms with E-state index in [2.05, 4.69) is 56.4 Å². The van der Waals surface area contributed by atoms with E-state index in [0.717, 1.165) is 5.54 Å². The highest BCUT2D eigenvalue weighted by Gasteiger charge is 2.32. The SMILES string of the molecule is C[C@H](C1=CCCC1)[Si](C)(C)c1ccccc1. The van der Waals surface area contributed by atoms with Crippen LogP contribution in [-0.4, -0.2) is 8.07 Å². The summed E-state index contributed by atoms with van der Waals surface area (Å²) >= 11 is 0. The molecular formula is C15H22Si. The highest BCUT2D eigenvalue weighted by Crippen LogP contribution is 2.35. The van der Waals surface area contributed by atoms with Gasteiger partial charge in [-0.3, -0.25) is 0 Å². The maximum absolute atomic E-state index is 2.51. The minimum atomic E-state index is -1.32. The number of benzene rings is 1. The topological polar surface area (TPSA) is 0 Å². The zero-order valence-corrected chi connectivity index (χ0v) is 11.7. The third kappa shape index (κ3) is 2.15. The Kier molecular flexibility index (Phi) is 3.34. The van der Waals surface area contributed by atoms with Gasteiger partial charge in [0.25, 0.3) is 0 Å². The van der Waals surface area contributed by atoms with Crippen LogP contribution >= 0.6 is 0 Å². The predicted molar refractivity (Wildman–Crippen MR) is 74.9 cm³/mol. The Morgan fingerprint density at radius 1 is 1.12 bits per heavy atom. The summed E-state index contributed by atoms with van der Waals surface area (Å²) in [5.41, 5.74) is 2.51. The monoisotopic (exact) mass is 230 g/mol. The normalized spacial score (nSPS) is 18.3. The smallest absolute Gasteiger partial charge is 0.0853 e. The van der Waals surface area contributed by atoms with Gasteiger partial charge in [0.15, 0.2) is 0 Å². The molecule has 0 unspecified atom stereocenters. The van der Waals surface area contributed by atoms with Crippen molar-refractivity contribution in [2.45, 2.75) is 44.8 Å². The van der Waals surface area contributed by atoms with Crippen LogP contribution in [0.4, 0.5) is 0 Å². The Labute approximate surface area is 100 Å². The molecule has 0 aromatic heterocycles. The van der Waals surface area contributed by atoms with Crippen LogP contribution < -0.4 is 5.19 Å². The first kappa shape index (κ1) is 11.7. The molecule has 0 saturated carbocycles. The Hall–Kier alpha value is -0.823. The Morgan fingerprint density at radius 2 is 1.81 bits per heavy atom. The molecule has 1 aliphatic rings. The molecule has 0 heterocycles. The van der Waals surface area contributed by atoms with Crippen molar-refractivity contribution in [3.8, 4) is 0 Å². The maximum Gasteiger partial charge on any atom is 0.0873 e. The molecule has 0 amide bonds. The van der Waals surface area contributed by atoms with E-state index >= 15 is 0 Å². The van der Waals surface area contributed by atoms with Gasteiger partial charge in [0.1, 0.15) is 0 Å². The van der Waals surface area contributed by atoms with Gasteiger partial charge in [-0.2, -0.15) is 0 Å². The maximum atomic E-state index is 2.51. The van der Waals surface area contributed by atoms with Crippen molar-refractivity contribution >= 4 is 13.3 Å². The van der Waals surface area contributed by atoms with Gasteiger partial charge < -0.3 is 0 Å². The lowest BCUT2D eigenvalue weighted by Crippen LogP contribution is -2.45. The molecule has 1 heteroatoms. The van der Waals surface area contributed by atoms with E-state index in [1.807, 2.05) is 0 Å². The third-order valence-electron chi connectivity index (χ3n) is 4.23. The Morgan fingerprint density at radius 3 is 2.38 bits per heavy atom. The lowest BCUT2D eigenvalue weighted by molar-refractivity contribution is 0.869. The van der Waals surface area contributed by atoms with Crippen molar-refractivity contribution < 1.29 is 0 Å². The molecule has 0 N–H and O–H groups in total. The molecule has 16 heavy (non-hydrogen) atoms. The van der Waals surface area contributed by atoms with E-state index < -0.39 is 8.07 Å². The van der Waals surface area contributed by atoms with Crippen molar-refractivity contribution in [2.24, 2.45) is 0 Å². The third-order valence-corrected chi connectivity index (χ3v) is 8.59. The van der Waals surface area contributed by atoms with Gasteiger partial charge in [0.2, 0.25) is 0 Å². The van der Waals surface area contributed by atoms with Crippen LogP contribution in [0.15, 0.2) is 42.0 Å². The van der Waals surface area contributed by atoms with Crippen molar-refractivity contribution in [1.82, 2.24) is 0 Å².